The Kier molecular flexibility index (Phi) is 7.39. The molecule has 21 heavy (non-hydrogen) atoms. The van der Waals surface area contributed by atoms with E-state index in [1.165, 1.54) is 24.3 Å². The number of nitrogens with one attached hydrogen (secondary N) is 2. The van der Waals surface area contributed by atoms with Crippen molar-refractivity contribution in [3.63, 3.8) is 0 Å². The predicted octanol–water partition coefficient (Wildman–Crippen LogP) is 1.61. The van der Waals surface area contributed by atoms with Crippen LogP contribution in [0.3, 0.4) is 0 Å². The molecule has 0 spiro atoms. The molecule has 0 aliphatic rings. The SMILES string of the molecule is CCCCNC(=O)CN(C)CC(=O)Nc1ccc(F)cc1. The Hall–Kier alpha value is -1.95. The maximum atomic E-state index is 12.7. The van der Waals surface area contributed by atoms with Crippen LogP contribution < -0.4 is 10.6 Å². The molecule has 0 fully saturated rings. The molecule has 0 unspecified atom stereocenters. The third-order valence-corrected chi connectivity index (χ3v) is 2.81. The van der Waals surface area contributed by atoms with E-state index in [0.29, 0.717) is 12.2 Å². The van der Waals surface area contributed by atoms with Crippen LogP contribution in [0.25, 0.3) is 0 Å². The highest BCUT2D eigenvalue weighted by atomic mass is 19.1. The molecule has 0 radical (unpaired) electrons. The lowest BCUT2D eigenvalue weighted by molar-refractivity contribution is -0.122. The first kappa shape index (κ1) is 17.1. The van der Waals surface area contributed by atoms with Gasteiger partial charge < -0.3 is 10.6 Å². The Morgan fingerprint density at radius 3 is 2.38 bits per heavy atom. The van der Waals surface area contributed by atoms with Crippen molar-refractivity contribution in [2.45, 2.75) is 19.8 Å². The number of carbonyl (C=O) groups is 2. The minimum absolute atomic E-state index is 0.0958. The molecule has 0 aliphatic heterocycles. The second-order valence-corrected chi connectivity index (χ2v) is 4.93. The van der Waals surface area contributed by atoms with Crippen LogP contribution in [0.2, 0.25) is 0 Å². The summed E-state index contributed by atoms with van der Waals surface area (Å²) in [6.45, 7) is 2.97. The Morgan fingerprint density at radius 2 is 1.76 bits per heavy atom. The molecule has 0 atom stereocenters. The van der Waals surface area contributed by atoms with E-state index in [1.54, 1.807) is 11.9 Å². The maximum absolute atomic E-state index is 12.7. The topological polar surface area (TPSA) is 61.4 Å². The zero-order valence-corrected chi connectivity index (χ0v) is 12.5. The van der Waals surface area contributed by atoms with Crippen molar-refractivity contribution >= 4 is 17.5 Å². The van der Waals surface area contributed by atoms with Crippen LogP contribution in [-0.2, 0) is 9.59 Å². The summed E-state index contributed by atoms with van der Waals surface area (Å²) in [6, 6.07) is 5.54. The number of hydrogen-bond acceptors (Lipinski definition) is 3. The molecule has 116 valence electrons. The number of likely N-dealkylation sites (N-methyl/N-ethyl adjacent to an activating group) is 1. The fourth-order valence-electron chi connectivity index (χ4n) is 1.74. The first-order chi connectivity index (χ1) is 10.0. The van der Waals surface area contributed by atoms with Gasteiger partial charge in [0.2, 0.25) is 11.8 Å². The molecule has 0 heterocycles. The highest BCUT2D eigenvalue weighted by molar-refractivity contribution is 5.92. The van der Waals surface area contributed by atoms with Gasteiger partial charge in [0.15, 0.2) is 0 Å². The van der Waals surface area contributed by atoms with Crippen molar-refractivity contribution in [1.29, 1.82) is 0 Å². The van der Waals surface area contributed by atoms with Crippen LogP contribution in [0.15, 0.2) is 24.3 Å². The molecule has 5 nitrogen and oxygen atoms in total. The quantitative estimate of drug-likeness (QED) is 0.716. The van der Waals surface area contributed by atoms with Crippen molar-refractivity contribution in [3.8, 4) is 0 Å². The summed E-state index contributed by atoms with van der Waals surface area (Å²) < 4.78 is 12.7. The van der Waals surface area contributed by atoms with E-state index >= 15 is 0 Å². The van der Waals surface area contributed by atoms with Gasteiger partial charge in [0, 0.05) is 12.2 Å². The third kappa shape index (κ3) is 7.41. The lowest BCUT2D eigenvalue weighted by Crippen LogP contribution is -2.39. The largest absolute Gasteiger partial charge is 0.355 e. The number of rotatable bonds is 8. The first-order valence-electron chi connectivity index (χ1n) is 7.02. The molecule has 2 amide bonds. The van der Waals surface area contributed by atoms with Crippen molar-refractivity contribution in [1.82, 2.24) is 10.2 Å². The second kappa shape index (κ2) is 9.07. The van der Waals surface area contributed by atoms with Gasteiger partial charge in [-0.15, -0.1) is 0 Å². The van der Waals surface area contributed by atoms with E-state index in [2.05, 4.69) is 17.6 Å². The smallest absolute Gasteiger partial charge is 0.238 e. The Morgan fingerprint density at radius 1 is 1.14 bits per heavy atom. The van der Waals surface area contributed by atoms with Gasteiger partial charge in [0.05, 0.1) is 13.1 Å². The average molecular weight is 295 g/mol. The van der Waals surface area contributed by atoms with Crippen molar-refractivity contribution in [2.24, 2.45) is 0 Å². The van der Waals surface area contributed by atoms with Crippen LogP contribution in [0, 0.1) is 5.82 Å². The first-order valence-corrected chi connectivity index (χ1v) is 7.02. The van der Waals surface area contributed by atoms with Crippen LogP contribution in [0.1, 0.15) is 19.8 Å². The summed E-state index contributed by atoms with van der Waals surface area (Å²) in [5.41, 5.74) is 0.530. The van der Waals surface area contributed by atoms with Crippen molar-refractivity contribution in [3.05, 3.63) is 30.1 Å². The molecule has 0 saturated carbocycles. The fraction of sp³-hybridized carbons (Fsp3) is 0.467. The van der Waals surface area contributed by atoms with Gasteiger partial charge in [-0.3, -0.25) is 14.5 Å². The molecular weight excluding hydrogens is 273 g/mol. The van der Waals surface area contributed by atoms with Crippen LogP contribution in [0.4, 0.5) is 10.1 Å². The van der Waals surface area contributed by atoms with Gasteiger partial charge in [-0.05, 0) is 37.7 Å². The second-order valence-electron chi connectivity index (χ2n) is 4.93. The Bertz CT molecular complexity index is 462. The number of amides is 2. The van der Waals surface area contributed by atoms with Gasteiger partial charge in [-0.1, -0.05) is 13.3 Å². The molecule has 0 aromatic heterocycles. The number of halogens is 1. The lowest BCUT2D eigenvalue weighted by atomic mass is 10.3. The van der Waals surface area contributed by atoms with Gasteiger partial charge >= 0.3 is 0 Å². The summed E-state index contributed by atoms with van der Waals surface area (Å²) in [5, 5.41) is 5.44. The van der Waals surface area contributed by atoms with Crippen molar-refractivity contribution in [2.75, 3.05) is 32.0 Å². The molecule has 1 rings (SSSR count). The van der Waals surface area contributed by atoms with Crippen molar-refractivity contribution < 1.29 is 14.0 Å². The van der Waals surface area contributed by atoms with E-state index in [0.717, 1.165) is 12.8 Å². The van der Waals surface area contributed by atoms with Gasteiger partial charge in [0.25, 0.3) is 0 Å². The molecule has 1 aromatic rings. The summed E-state index contributed by atoms with van der Waals surface area (Å²) >= 11 is 0. The van der Waals surface area contributed by atoms with Gasteiger partial charge in [-0.25, -0.2) is 4.39 Å². The minimum Gasteiger partial charge on any atom is -0.355 e. The summed E-state index contributed by atoms with van der Waals surface area (Å²) in [7, 11) is 1.70. The average Bonchev–Trinajstić information content (AvgIpc) is 2.41. The van der Waals surface area contributed by atoms with E-state index < -0.39 is 0 Å². The van der Waals surface area contributed by atoms with Gasteiger partial charge in [-0.2, -0.15) is 0 Å². The lowest BCUT2D eigenvalue weighted by Gasteiger charge is -2.16. The van der Waals surface area contributed by atoms with Crippen LogP contribution in [-0.4, -0.2) is 43.4 Å². The number of hydrogen-bond donors (Lipinski definition) is 2. The molecule has 6 heteroatoms. The van der Waals surface area contributed by atoms with E-state index in [1.807, 2.05) is 0 Å². The third-order valence-electron chi connectivity index (χ3n) is 2.81. The Balaban J connectivity index is 2.30. The molecule has 2 N–H and O–H groups in total. The highest BCUT2D eigenvalue weighted by Crippen LogP contribution is 2.07. The fourth-order valence-corrected chi connectivity index (χ4v) is 1.74. The summed E-state index contributed by atoms with van der Waals surface area (Å²) in [6.07, 6.45) is 1.97. The van der Waals surface area contributed by atoms with Crippen LogP contribution >= 0.6 is 0 Å². The van der Waals surface area contributed by atoms with Crippen LogP contribution in [0.5, 0.6) is 0 Å². The molecule has 0 bridgehead atoms. The molecule has 0 saturated heterocycles. The normalized spacial score (nSPS) is 10.5. The summed E-state index contributed by atoms with van der Waals surface area (Å²) in [5.74, 6) is -0.695. The minimum atomic E-state index is -0.353. The monoisotopic (exact) mass is 295 g/mol. The number of benzene rings is 1. The summed E-state index contributed by atoms with van der Waals surface area (Å²) in [4.78, 5) is 25.0. The molecular formula is C15H22FN3O2. The zero-order valence-electron chi connectivity index (χ0n) is 12.5. The van der Waals surface area contributed by atoms with Gasteiger partial charge in [0.1, 0.15) is 5.82 Å². The van der Waals surface area contributed by atoms with E-state index in [9.17, 15) is 14.0 Å². The number of anilines is 1. The number of carbonyl (C=O) groups excluding carboxylic acids is 2. The zero-order chi connectivity index (χ0) is 15.7. The maximum Gasteiger partial charge on any atom is 0.238 e. The highest BCUT2D eigenvalue weighted by Gasteiger charge is 2.10. The van der Waals surface area contributed by atoms with E-state index in [4.69, 9.17) is 0 Å². The Labute approximate surface area is 124 Å². The number of unbranched alkanes of at least 4 members (excludes halogenated alkanes) is 1. The standard InChI is InChI=1S/C15H22FN3O2/c1-3-4-9-17-14(20)10-19(2)11-15(21)18-13-7-5-12(16)6-8-13/h5-8H,3-4,9-11H2,1-2H3,(H,17,20)(H,18,21). The molecule has 1 aromatic carbocycles. The number of nitrogens with zero attached hydrogens (tertiary/aromatic N) is 1. The predicted molar refractivity (Wildman–Crippen MR) is 80.4 cm³/mol. The molecule has 0 aliphatic carbocycles. The van der Waals surface area contributed by atoms with E-state index in [-0.39, 0.29) is 30.7 Å².